The lowest BCUT2D eigenvalue weighted by molar-refractivity contribution is -0.123. The van der Waals surface area contributed by atoms with Crippen LogP contribution in [0.4, 0.5) is 10.1 Å². The van der Waals surface area contributed by atoms with Crippen molar-refractivity contribution >= 4 is 29.9 Å². The van der Waals surface area contributed by atoms with Crippen LogP contribution < -0.4 is 16.0 Å². The molecule has 2 heterocycles. The molecule has 2 atom stereocenters. The SMILES string of the molecule is Cc1c(F)cccc1NC(=O)CCN1CCCC(CNC(=O)C2CCCN2)C1.Cl. The number of hydrogen-bond donors (Lipinski definition) is 3. The summed E-state index contributed by atoms with van der Waals surface area (Å²) in [5, 5.41) is 9.11. The maximum atomic E-state index is 13.6. The normalized spacial score (nSPS) is 22.0. The lowest BCUT2D eigenvalue weighted by Gasteiger charge is -2.32. The third-order valence-corrected chi connectivity index (χ3v) is 5.74. The molecule has 1 aromatic rings. The maximum Gasteiger partial charge on any atom is 0.237 e. The summed E-state index contributed by atoms with van der Waals surface area (Å²) in [6.45, 7) is 5.82. The number of hydrogen-bond acceptors (Lipinski definition) is 4. The van der Waals surface area contributed by atoms with Crippen LogP contribution in [0.5, 0.6) is 0 Å². The van der Waals surface area contributed by atoms with Gasteiger partial charge in [0.2, 0.25) is 11.8 Å². The van der Waals surface area contributed by atoms with Crippen LogP contribution >= 0.6 is 12.4 Å². The molecule has 0 bridgehead atoms. The van der Waals surface area contributed by atoms with E-state index in [-0.39, 0.29) is 36.1 Å². The highest BCUT2D eigenvalue weighted by molar-refractivity contribution is 5.91. The fourth-order valence-electron chi connectivity index (χ4n) is 4.01. The number of nitrogens with one attached hydrogen (secondary N) is 3. The van der Waals surface area contributed by atoms with E-state index in [4.69, 9.17) is 0 Å². The van der Waals surface area contributed by atoms with Gasteiger partial charge in [-0.1, -0.05) is 6.07 Å². The van der Waals surface area contributed by atoms with Gasteiger partial charge in [0.05, 0.1) is 6.04 Å². The third-order valence-electron chi connectivity index (χ3n) is 5.74. The number of carbonyl (C=O) groups excluding carboxylic acids is 2. The van der Waals surface area contributed by atoms with Crippen LogP contribution in [0.15, 0.2) is 18.2 Å². The highest BCUT2D eigenvalue weighted by Crippen LogP contribution is 2.19. The molecule has 0 aliphatic carbocycles. The molecule has 1 aromatic carbocycles. The van der Waals surface area contributed by atoms with E-state index in [0.717, 1.165) is 45.3 Å². The van der Waals surface area contributed by atoms with Crippen LogP contribution in [0.25, 0.3) is 0 Å². The first kappa shape index (κ1) is 23.6. The standard InChI is InChI=1S/C21H31FN4O2.ClH/c1-15-17(22)6-2-7-18(15)25-20(27)9-12-26-11-4-5-16(14-26)13-24-21(28)19-8-3-10-23-19;/h2,6-7,16,19,23H,3-5,8-14H2,1H3,(H,24,28)(H,25,27);1H. The Morgan fingerprint density at radius 2 is 2.10 bits per heavy atom. The second-order valence-corrected chi connectivity index (χ2v) is 7.91. The van der Waals surface area contributed by atoms with Gasteiger partial charge in [0.25, 0.3) is 0 Å². The summed E-state index contributed by atoms with van der Waals surface area (Å²) < 4.78 is 13.6. The molecule has 29 heavy (non-hydrogen) atoms. The van der Waals surface area contributed by atoms with Gasteiger partial charge >= 0.3 is 0 Å². The number of piperidine rings is 1. The predicted octanol–water partition coefficient (Wildman–Crippen LogP) is 2.46. The molecule has 2 saturated heterocycles. The smallest absolute Gasteiger partial charge is 0.237 e. The number of rotatable bonds is 7. The Hall–Kier alpha value is -1.70. The lowest BCUT2D eigenvalue weighted by Crippen LogP contribution is -2.45. The summed E-state index contributed by atoms with van der Waals surface area (Å²) in [6, 6.07) is 4.67. The maximum absolute atomic E-state index is 13.6. The third kappa shape index (κ3) is 6.94. The first-order valence-corrected chi connectivity index (χ1v) is 10.3. The van der Waals surface area contributed by atoms with Gasteiger partial charge in [-0.25, -0.2) is 4.39 Å². The Morgan fingerprint density at radius 1 is 1.28 bits per heavy atom. The molecule has 2 aliphatic heterocycles. The van der Waals surface area contributed by atoms with Crippen LogP contribution in [0.1, 0.15) is 37.7 Å². The molecule has 3 N–H and O–H groups in total. The van der Waals surface area contributed by atoms with E-state index < -0.39 is 0 Å². The second-order valence-electron chi connectivity index (χ2n) is 7.91. The molecule has 6 nitrogen and oxygen atoms in total. The van der Waals surface area contributed by atoms with Crippen molar-refractivity contribution in [1.29, 1.82) is 0 Å². The Kier molecular flexibility index (Phi) is 9.33. The molecule has 8 heteroatoms. The van der Waals surface area contributed by atoms with E-state index in [9.17, 15) is 14.0 Å². The Balaban J connectivity index is 0.00000300. The van der Waals surface area contributed by atoms with Crippen molar-refractivity contribution in [3.8, 4) is 0 Å². The van der Waals surface area contributed by atoms with Crippen molar-refractivity contribution in [2.75, 3.05) is 38.0 Å². The van der Waals surface area contributed by atoms with E-state index >= 15 is 0 Å². The summed E-state index contributed by atoms with van der Waals surface area (Å²) in [4.78, 5) is 26.7. The Labute approximate surface area is 178 Å². The van der Waals surface area contributed by atoms with E-state index in [1.165, 1.54) is 6.07 Å². The number of nitrogens with zero attached hydrogens (tertiary/aromatic N) is 1. The van der Waals surface area contributed by atoms with Crippen LogP contribution in [0.2, 0.25) is 0 Å². The van der Waals surface area contributed by atoms with Crippen molar-refractivity contribution in [2.45, 2.75) is 45.1 Å². The van der Waals surface area contributed by atoms with Crippen molar-refractivity contribution in [3.63, 3.8) is 0 Å². The number of carbonyl (C=O) groups is 2. The van der Waals surface area contributed by atoms with Gasteiger partial charge < -0.3 is 20.9 Å². The number of anilines is 1. The molecule has 2 unspecified atom stereocenters. The highest BCUT2D eigenvalue weighted by Gasteiger charge is 2.24. The first-order chi connectivity index (χ1) is 13.5. The summed E-state index contributed by atoms with van der Waals surface area (Å²) in [5.41, 5.74) is 0.992. The van der Waals surface area contributed by atoms with Gasteiger partial charge in [0.15, 0.2) is 0 Å². The van der Waals surface area contributed by atoms with Gasteiger partial charge in [-0.05, 0) is 63.7 Å². The molecule has 3 rings (SSSR count). The zero-order valence-electron chi connectivity index (χ0n) is 17.0. The quantitative estimate of drug-likeness (QED) is 0.626. The Bertz CT molecular complexity index is 697. The van der Waals surface area contributed by atoms with E-state index in [1.807, 2.05) is 0 Å². The van der Waals surface area contributed by atoms with E-state index in [0.29, 0.717) is 36.7 Å². The lowest BCUT2D eigenvalue weighted by atomic mass is 9.97. The summed E-state index contributed by atoms with van der Waals surface area (Å²) in [5.74, 6) is 0.120. The minimum atomic E-state index is -0.313. The van der Waals surface area contributed by atoms with Crippen LogP contribution in [-0.2, 0) is 9.59 Å². The molecule has 2 aliphatic rings. The summed E-state index contributed by atoms with van der Waals surface area (Å²) in [7, 11) is 0. The average Bonchev–Trinajstić information content (AvgIpc) is 3.23. The average molecular weight is 427 g/mol. The predicted molar refractivity (Wildman–Crippen MR) is 115 cm³/mol. The number of halogens is 2. The fourth-order valence-corrected chi connectivity index (χ4v) is 4.01. The fraction of sp³-hybridized carbons (Fsp3) is 0.619. The number of amides is 2. The highest BCUT2D eigenvalue weighted by atomic mass is 35.5. The van der Waals surface area contributed by atoms with Crippen molar-refractivity contribution in [3.05, 3.63) is 29.6 Å². The van der Waals surface area contributed by atoms with Gasteiger partial charge in [-0.3, -0.25) is 9.59 Å². The topological polar surface area (TPSA) is 73.5 Å². The second kappa shape index (κ2) is 11.5. The molecule has 0 aromatic heterocycles. The zero-order valence-corrected chi connectivity index (χ0v) is 17.8. The Morgan fingerprint density at radius 3 is 2.86 bits per heavy atom. The molecule has 2 amide bonds. The van der Waals surface area contributed by atoms with E-state index in [2.05, 4.69) is 20.9 Å². The van der Waals surface area contributed by atoms with Crippen molar-refractivity contribution in [1.82, 2.24) is 15.5 Å². The molecular formula is C21H32ClFN4O2. The number of likely N-dealkylation sites (tertiary alicyclic amines) is 1. The summed E-state index contributed by atoms with van der Waals surface area (Å²) >= 11 is 0. The minimum Gasteiger partial charge on any atom is -0.354 e. The molecular weight excluding hydrogens is 395 g/mol. The van der Waals surface area contributed by atoms with Crippen LogP contribution in [-0.4, -0.2) is 55.5 Å². The first-order valence-electron chi connectivity index (χ1n) is 10.3. The van der Waals surface area contributed by atoms with Gasteiger partial charge in [0, 0.05) is 37.3 Å². The molecule has 0 spiro atoms. The molecule has 2 fully saturated rings. The molecule has 0 radical (unpaired) electrons. The monoisotopic (exact) mass is 426 g/mol. The largest absolute Gasteiger partial charge is 0.354 e. The summed E-state index contributed by atoms with van der Waals surface area (Å²) in [6.07, 6.45) is 4.53. The number of benzene rings is 1. The van der Waals surface area contributed by atoms with Crippen molar-refractivity contribution < 1.29 is 14.0 Å². The zero-order chi connectivity index (χ0) is 19.9. The van der Waals surface area contributed by atoms with Crippen molar-refractivity contribution in [2.24, 2.45) is 5.92 Å². The van der Waals surface area contributed by atoms with E-state index in [1.54, 1.807) is 19.1 Å². The van der Waals surface area contributed by atoms with Gasteiger partial charge in [0.1, 0.15) is 5.82 Å². The van der Waals surface area contributed by atoms with Crippen LogP contribution in [0.3, 0.4) is 0 Å². The van der Waals surface area contributed by atoms with Gasteiger partial charge in [-0.2, -0.15) is 0 Å². The minimum absolute atomic E-state index is 0. The van der Waals surface area contributed by atoms with Gasteiger partial charge in [-0.15, -0.1) is 12.4 Å². The molecule has 162 valence electrons. The van der Waals surface area contributed by atoms with Crippen LogP contribution in [0, 0.1) is 18.7 Å². The molecule has 0 saturated carbocycles.